The molecule has 1 fully saturated rings. The van der Waals surface area contributed by atoms with Crippen LogP contribution in [0.3, 0.4) is 0 Å². The van der Waals surface area contributed by atoms with Crippen LogP contribution in [0.25, 0.3) is 0 Å². The summed E-state index contributed by atoms with van der Waals surface area (Å²) in [6, 6.07) is 0. The van der Waals surface area contributed by atoms with Gasteiger partial charge in [0.15, 0.2) is 0 Å². The molecule has 6 heteroatoms. The molecule has 1 aliphatic heterocycles. The van der Waals surface area contributed by atoms with Gasteiger partial charge < -0.3 is 14.7 Å². The minimum absolute atomic E-state index is 0.0579. The third-order valence-electron chi connectivity index (χ3n) is 3.61. The van der Waals surface area contributed by atoms with E-state index in [1.54, 1.807) is 11.8 Å². The zero-order chi connectivity index (χ0) is 15.3. The Morgan fingerprint density at radius 1 is 1.15 bits per heavy atom. The number of ether oxygens (including phenoxy) is 1. The van der Waals surface area contributed by atoms with Gasteiger partial charge in [-0.3, -0.25) is 9.59 Å². The Kier molecular flexibility index (Phi) is 5.73. The van der Waals surface area contributed by atoms with E-state index in [9.17, 15) is 14.4 Å². The average molecular weight is 283 g/mol. The third-order valence-corrected chi connectivity index (χ3v) is 3.61. The largest absolute Gasteiger partial charge is 0.478 e. The summed E-state index contributed by atoms with van der Waals surface area (Å²) >= 11 is 0. The average Bonchev–Trinajstić information content (AvgIpc) is 2.45. The van der Waals surface area contributed by atoms with Crippen LogP contribution in [0.4, 0.5) is 0 Å². The lowest BCUT2D eigenvalue weighted by atomic mass is 9.96. The van der Waals surface area contributed by atoms with E-state index < -0.39 is 5.97 Å². The van der Waals surface area contributed by atoms with E-state index in [4.69, 9.17) is 9.84 Å². The maximum absolute atomic E-state index is 12.1. The zero-order valence-electron chi connectivity index (χ0n) is 12.1. The lowest BCUT2D eigenvalue weighted by Gasteiger charge is -2.31. The second-order valence-corrected chi connectivity index (χ2v) is 4.87. The summed E-state index contributed by atoms with van der Waals surface area (Å²) < 4.78 is 4.96. The van der Waals surface area contributed by atoms with Gasteiger partial charge in [-0.15, -0.1) is 0 Å². The van der Waals surface area contributed by atoms with Gasteiger partial charge in [0.05, 0.1) is 12.5 Å². The summed E-state index contributed by atoms with van der Waals surface area (Å²) in [5, 5.41) is 8.88. The predicted molar refractivity (Wildman–Crippen MR) is 71.9 cm³/mol. The molecule has 0 bridgehead atoms. The number of amides is 1. The van der Waals surface area contributed by atoms with Crippen molar-refractivity contribution >= 4 is 17.8 Å². The van der Waals surface area contributed by atoms with Gasteiger partial charge in [0.2, 0.25) is 5.91 Å². The molecule has 0 aliphatic carbocycles. The number of hydrogen-bond donors (Lipinski definition) is 1. The molecule has 1 saturated heterocycles. The minimum atomic E-state index is -1.09. The van der Waals surface area contributed by atoms with Gasteiger partial charge in [-0.05, 0) is 33.6 Å². The standard InChI is InChI=1S/C14H21NO5/c1-4-20-14(19)11-5-7-15(8-6-11)12(16)9(2)10(3)13(17)18/h11H,4-8H2,1-3H3,(H,17,18)/b10-9-. The van der Waals surface area contributed by atoms with Crippen LogP contribution in [-0.4, -0.2) is 47.5 Å². The Bertz CT molecular complexity index is 433. The normalized spacial score (nSPS) is 17.4. The fraction of sp³-hybridized carbons (Fsp3) is 0.643. The topological polar surface area (TPSA) is 83.9 Å². The molecule has 0 radical (unpaired) electrons. The van der Waals surface area contributed by atoms with Crippen molar-refractivity contribution in [1.29, 1.82) is 0 Å². The van der Waals surface area contributed by atoms with Gasteiger partial charge in [0.1, 0.15) is 0 Å². The van der Waals surface area contributed by atoms with Crippen molar-refractivity contribution in [2.45, 2.75) is 33.6 Å². The minimum Gasteiger partial charge on any atom is -0.478 e. The van der Waals surface area contributed by atoms with Crippen molar-refractivity contribution in [3.05, 3.63) is 11.1 Å². The summed E-state index contributed by atoms with van der Waals surface area (Å²) in [5.41, 5.74) is 0.301. The molecule has 6 nitrogen and oxygen atoms in total. The fourth-order valence-corrected chi connectivity index (χ4v) is 2.14. The SMILES string of the molecule is CCOC(=O)C1CCN(C(=O)/C(C)=C(/C)C(=O)O)CC1. The first-order valence-electron chi connectivity index (χ1n) is 6.75. The lowest BCUT2D eigenvalue weighted by molar-refractivity contribution is -0.150. The van der Waals surface area contributed by atoms with E-state index in [1.807, 2.05) is 0 Å². The maximum atomic E-state index is 12.1. The molecule has 1 heterocycles. The molecule has 0 aromatic carbocycles. The lowest BCUT2D eigenvalue weighted by Crippen LogP contribution is -2.41. The van der Waals surface area contributed by atoms with Gasteiger partial charge in [-0.25, -0.2) is 4.79 Å². The Morgan fingerprint density at radius 3 is 2.15 bits per heavy atom. The van der Waals surface area contributed by atoms with Crippen molar-refractivity contribution in [2.24, 2.45) is 5.92 Å². The molecule has 0 aromatic heterocycles. The Morgan fingerprint density at radius 2 is 1.70 bits per heavy atom. The van der Waals surface area contributed by atoms with Crippen molar-refractivity contribution in [3.8, 4) is 0 Å². The predicted octanol–water partition coefficient (Wildman–Crippen LogP) is 1.21. The number of rotatable bonds is 4. The second kappa shape index (κ2) is 7.07. The highest BCUT2D eigenvalue weighted by molar-refractivity contribution is 6.01. The Labute approximate surface area is 118 Å². The first kappa shape index (κ1) is 16.2. The van der Waals surface area contributed by atoms with Crippen LogP contribution in [0.5, 0.6) is 0 Å². The van der Waals surface area contributed by atoms with Gasteiger partial charge in [0, 0.05) is 24.2 Å². The van der Waals surface area contributed by atoms with Gasteiger partial charge >= 0.3 is 11.9 Å². The maximum Gasteiger partial charge on any atom is 0.331 e. The first-order valence-corrected chi connectivity index (χ1v) is 6.75. The number of hydrogen-bond acceptors (Lipinski definition) is 4. The molecule has 0 saturated carbocycles. The number of carboxylic acids is 1. The van der Waals surface area contributed by atoms with Crippen LogP contribution in [0, 0.1) is 5.92 Å². The molecule has 1 N–H and O–H groups in total. The highest BCUT2D eigenvalue weighted by atomic mass is 16.5. The molecule has 0 spiro atoms. The monoisotopic (exact) mass is 283 g/mol. The number of likely N-dealkylation sites (tertiary alicyclic amines) is 1. The van der Waals surface area contributed by atoms with Crippen LogP contribution >= 0.6 is 0 Å². The van der Waals surface area contributed by atoms with Crippen molar-refractivity contribution in [2.75, 3.05) is 19.7 Å². The van der Waals surface area contributed by atoms with Crippen molar-refractivity contribution in [3.63, 3.8) is 0 Å². The number of nitrogens with zero attached hydrogens (tertiary/aromatic N) is 1. The molecule has 1 aliphatic rings. The van der Waals surface area contributed by atoms with E-state index >= 15 is 0 Å². The van der Waals surface area contributed by atoms with Gasteiger partial charge in [0.25, 0.3) is 0 Å². The molecule has 0 aromatic rings. The summed E-state index contributed by atoms with van der Waals surface area (Å²) in [6.07, 6.45) is 1.12. The number of aliphatic carboxylic acids is 1. The van der Waals surface area contributed by atoms with Crippen LogP contribution in [0.15, 0.2) is 11.1 Å². The highest BCUT2D eigenvalue weighted by Gasteiger charge is 2.29. The number of piperidine rings is 1. The van der Waals surface area contributed by atoms with Crippen molar-refractivity contribution < 1.29 is 24.2 Å². The number of esters is 1. The molecule has 0 unspecified atom stereocenters. The van der Waals surface area contributed by atoms with E-state index in [0.29, 0.717) is 32.5 Å². The molecule has 20 heavy (non-hydrogen) atoms. The van der Waals surface area contributed by atoms with Gasteiger partial charge in [-0.1, -0.05) is 0 Å². The number of carboxylic acid groups (broad SMARTS) is 1. The Balaban J connectivity index is 2.62. The van der Waals surface area contributed by atoms with E-state index in [2.05, 4.69) is 0 Å². The van der Waals surface area contributed by atoms with Crippen molar-refractivity contribution in [1.82, 2.24) is 4.90 Å². The molecule has 112 valence electrons. The number of carbonyl (C=O) groups is 3. The van der Waals surface area contributed by atoms with Gasteiger partial charge in [-0.2, -0.15) is 0 Å². The summed E-state index contributed by atoms with van der Waals surface area (Å²) in [6.45, 7) is 5.96. The van der Waals surface area contributed by atoms with Crippen LogP contribution in [-0.2, 0) is 19.1 Å². The van der Waals surface area contributed by atoms with Crippen LogP contribution in [0.2, 0.25) is 0 Å². The molecular weight excluding hydrogens is 262 g/mol. The first-order chi connectivity index (χ1) is 9.38. The van der Waals surface area contributed by atoms with E-state index in [0.717, 1.165) is 0 Å². The zero-order valence-corrected chi connectivity index (χ0v) is 12.1. The fourth-order valence-electron chi connectivity index (χ4n) is 2.14. The Hall–Kier alpha value is -1.85. The summed E-state index contributed by atoms with van der Waals surface area (Å²) in [5.74, 6) is -1.73. The summed E-state index contributed by atoms with van der Waals surface area (Å²) in [7, 11) is 0. The molecule has 1 rings (SSSR count). The molecule has 1 amide bonds. The van der Waals surface area contributed by atoms with E-state index in [1.165, 1.54) is 13.8 Å². The summed E-state index contributed by atoms with van der Waals surface area (Å²) in [4.78, 5) is 36.2. The molecular formula is C14H21NO5. The van der Waals surface area contributed by atoms with Crippen LogP contribution in [0.1, 0.15) is 33.6 Å². The second-order valence-electron chi connectivity index (χ2n) is 4.87. The van der Waals surface area contributed by atoms with E-state index in [-0.39, 0.29) is 28.9 Å². The van der Waals surface area contributed by atoms with Crippen LogP contribution < -0.4 is 0 Å². The number of carbonyl (C=O) groups excluding carboxylic acids is 2. The smallest absolute Gasteiger partial charge is 0.331 e. The molecule has 0 atom stereocenters. The highest BCUT2D eigenvalue weighted by Crippen LogP contribution is 2.20. The quantitative estimate of drug-likeness (QED) is 0.619. The third kappa shape index (κ3) is 3.82.